The molecule has 7 heteroatoms. The number of amides is 1. The number of carbonyl (C=O) groups excluding carboxylic acids is 1. The van der Waals surface area contributed by atoms with Gasteiger partial charge in [0.15, 0.2) is 0 Å². The number of hydrogen-bond acceptors (Lipinski definition) is 5. The van der Waals surface area contributed by atoms with Gasteiger partial charge in [0.25, 0.3) is 11.6 Å². The third-order valence-electron chi connectivity index (χ3n) is 4.45. The molecule has 0 saturated carbocycles. The topological polar surface area (TPSA) is 77.0 Å². The highest BCUT2D eigenvalue weighted by Crippen LogP contribution is 2.23. The fraction of sp³-hybridized carbons (Fsp3) is 0.200. The van der Waals surface area contributed by atoms with E-state index in [9.17, 15) is 4.79 Å². The first kappa shape index (κ1) is 17.0. The van der Waals surface area contributed by atoms with E-state index in [-0.39, 0.29) is 5.91 Å². The van der Waals surface area contributed by atoms with Gasteiger partial charge in [-0.1, -0.05) is 17.3 Å². The monoisotopic (exact) mass is 361 g/mol. The van der Waals surface area contributed by atoms with Crippen molar-refractivity contribution >= 4 is 17.0 Å². The van der Waals surface area contributed by atoms with E-state index in [4.69, 9.17) is 4.52 Å². The Hall–Kier alpha value is -3.48. The maximum absolute atomic E-state index is 13.0. The van der Waals surface area contributed by atoms with Crippen molar-refractivity contribution in [2.45, 2.75) is 20.4 Å². The van der Waals surface area contributed by atoms with Gasteiger partial charge in [-0.15, -0.1) is 0 Å². The number of benzene rings is 1. The normalized spacial score (nSPS) is 11.1. The van der Waals surface area contributed by atoms with Crippen LogP contribution in [0.4, 0.5) is 0 Å². The Morgan fingerprint density at radius 1 is 1.22 bits per heavy atom. The lowest BCUT2D eigenvalue weighted by Gasteiger charge is -2.18. The van der Waals surface area contributed by atoms with Gasteiger partial charge in [-0.25, -0.2) is 9.67 Å². The number of nitrogens with zero attached hydrogens (tertiary/aromatic N) is 5. The molecule has 0 saturated heterocycles. The lowest BCUT2D eigenvalue weighted by atomic mass is 10.1. The molecule has 0 N–H and O–H groups in total. The van der Waals surface area contributed by atoms with Gasteiger partial charge in [-0.2, -0.15) is 5.10 Å². The fourth-order valence-electron chi connectivity index (χ4n) is 3.11. The predicted molar refractivity (Wildman–Crippen MR) is 101 cm³/mol. The molecule has 0 aliphatic rings. The summed E-state index contributed by atoms with van der Waals surface area (Å²) >= 11 is 0. The second-order valence-corrected chi connectivity index (χ2v) is 6.54. The zero-order valence-corrected chi connectivity index (χ0v) is 15.4. The molecule has 0 aliphatic heterocycles. The van der Waals surface area contributed by atoms with Gasteiger partial charge in [0.1, 0.15) is 0 Å². The average molecular weight is 361 g/mol. The van der Waals surface area contributed by atoms with Crippen molar-refractivity contribution in [2.75, 3.05) is 7.05 Å². The minimum Gasteiger partial charge on any atom is -0.337 e. The predicted octanol–water partition coefficient (Wildman–Crippen LogP) is 3.30. The van der Waals surface area contributed by atoms with Gasteiger partial charge in [-0.05, 0) is 43.7 Å². The number of rotatable bonds is 4. The first-order valence-electron chi connectivity index (χ1n) is 8.61. The van der Waals surface area contributed by atoms with E-state index in [2.05, 4.69) is 15.2 Å². The Labute approximate surface area is 156 Å². The molecule has 0 unspecified atom stereocenters. The van der Waals surface area contributed by atoms with E-state index in [1.54, 1.807) is 28.9 Å². The summed E-state index contributed by atoms with van der Waals surface area (Å²) in [5, 5.41) is 8.83. The van der Waals surface area contributed by atoms with Crippen LogP contribution in [0.15, 0.2) is 53.3 Å². The van der Waals surface area contributed by atoms with E-state index in [0.29, 0.717) is 28.9 Å². The van der Waals surface area contributed by atoms with Gasteiger partial charge in [-0.3, -0.25) is 4.79 Å². The smallest absolute Gasteiger partial charge is 0.258 e. The van der Waals surface area contributed by atoms with Crippen LogP contribution in [-0.4, -0.2) is 37.8 Å². The number of pyridine rings is 1. The lowest BCUT2D eigenvalue weighted by Crippen LogP contribution is -2.26. The second-order valence-electron chi connectivity index (χ2n) is 6.54. The van der Waals surface area contributed by atoms with Crippen molar-refractivity contribution in [3.63, 3.8) is 0 Å². The summed E-state index contributed by atoms with van der Waals surface area (Å²) in [7, 11) is 1.79. The third kappa shape index (κ3) is 3.19. The van der Waals surface area contributed by atoms with Crippen LogP contribution >= 0.6 is 0 Å². The molecule has 0 fully saturated rings. The highest BCUT2D eigenvalue weighted by Gasteiger charge is 2.20. The highest BCUT2D eigenvalue weighted by molar-refractivity contribution is 6.05. The molecule has 4 aromatic rings. The maximum atomic E-state index is 13.0. The summed E-state index contributed by atoms with van der Waals surface area (Å²) in [6.45, 7) is 4.14. The van der Waals surface area contributed by atoms with Crippen LogP contribution in [0.25, 0.3) is 16.8 Å². The van der Waals surface area contributed by atoms with Gasteiger partial charge in [0, 0.05) is 31.7 Å². The molecule has 0 radical (unpaired) electrons. The minimum absolute atomic E-state index is 0.0899. The Bertz CT molecular complexity index is 1100. The number of aromatic nitrogens is 4. The zero-order chi connectivity index (χ0) is 19.0. The maximum Gasteiger partial charge on any atom is 0.258 e. The second kappa shape index (κ2) is 6.68. The zero-order valence-electron chi connectivity index (χ0n) is 15.4. The number of hydrogen-bond donors (Lipinski definition) is 0. The molecule has 7 nitrogen and oxygen atoms in total. The molecule has 0 bridgehead atoms. The van der Waals surface area contributed by atoms with E-state index < -0.39 is 0 Å². The van der Waals surface area contributed by atoms with Crippen molar-refractivity contribution in [3.05, 3.63) is 71.3 Å². The van der Waals surface area contributed by atoms with Crippen LogP contribution in [0.5, 0.6) is 0 Å². The Balaban J connectivity index is 1.57. The molecule has 3 heterocycles. The largest absolute Gasteiger partial charge is 0.337 e. The van der Waals surface area contributed by atoms with Crippen LogP contribution in [0, 0.1) is 13.8 Å². The van der Waals surface area contributed by atoms with Crippen LogP contribution in [0.3, 0.4) is 0 Å². The molecule has 1 amide bonds. The quantitative estimate of drug-likeness (QED) is 0.557. The number of aryl methyl sites for hydroxylation is 2. The van der Waals surface area contributed by atoms with Crippen molar-refractivity contribution in [1.29, 1.82) is 0 Å². The van der Waals surface area contributed by atoms with Gasteiger partial charge in [0.05, 0.1) is 22.3 Å². The van der Waals surface area contributed by atoms with E-state index in [0.717, 1.165) is 16.9 Å². The van der Waals surface area contributed by atoms with Gasteiger partial charge < -0.3 is 9.42 Å². The highest BCUT2D eigenvalue weighted by atomic mass is 16.5. The van der Waals surface area contributed by atoms with E-state index in [1.165, 1.54) is 0 Å². The first-order valence-corrected chi connectivity index (χ1v) is 8.61. The molecule has 1 aromatic carbocycles. The average Bonchev–Trinajstić information content (AvgIpc) is 3.31. The van der Waals surface area contributed by atoms with Crippen molar-refractivity contribution in [1.82, 2.24) is 24.8 Å². The molecule has 0 atom stereocenters. The first-order chi connectivity index (χ1) is 13.0. The Kier molecular flexibility index (Phi) is 4.19. The van der Waals surface area contributed by atoms with Crippen molar-refractivity contribution < 1.29 is 9.32 Å². The summed E-state index contributed by atoms with van der Waals surface area (Å²) < 4.78 is 7.02. The van der Waals surface area contributed by atoms with Crippen LogP contribution < -0.4 is 0 Å². The lowest BCUT2D eigenvalue weighted by molar-refractivity contribution is 0.0787. The van der Waals surface area contributed by atoms with Gasteiger partial charge >= 0.3 is 0 Å². The van der Waals surface area contributed by atoms with Crippen molar-refractivity contribution in [3.8, 4) is 5.69 Å². The van der Waals surface area contributed by atoms with E-state index in [1.807, 2.05) is 50.4 Å². The molecule has 0 aliphatic carbocycles. The van der Waals surface area contributed by atoms with E-state index >= 15 is 0 Å². The van der Waals surface area contributed by atoms with Crippen LogP contribution in [0.1, 0.15) is 27.3 Å². The fourth-order valence-corrected chi connectivity index (χ4v) is 3.11. The Morgan fingerprint density at radius 3 is 2.70 bits per heavy atom. The molecule has 136 valence electrons. The molecule has 4 rings (SSSR count). The number of carbonyl (C=O) groups is 1. The summed E-state index contributed by atoms with van der Waals surface area (Å²) in [6, 6.07) is 11.6. The molecular formula is C20H19N5O2. The molecule has 0 spiro atoms. The summed E-state index contributed by atoms with van der Waals surface area (Å²) in [5.41, 5.74) is 4.35. The summed E-state index contributed by atoms with van der Waals surface area (Å²) in [6.07, 6.45) is 3.63. The summed E-state index contributed by atoms with van der Waals surface area (Å²) in [4.78, 5) is 19.0. The van der Waals surface area contributed by atoms with Gasteiger partial charge in [0.2, 0.25) is 0 Å². The van der Waals surface area contributed by atoms with Crippen LogP contribution in [-0.2, 0) is 6.54 Å². The minimum atomic E-state index is -0.0899. The third-order valence-corrected chi connectivity index (χ3v) is 4.45. The summed E-state index contributed by atoms with van der Waals surface area (Å²) in [5.74, 6) is -0.0899. The Morgan fingerprint density at radius 2 is 2.00 bits per heavy atom. The van der Waals surface area contributed by atoms with Crippen molar-refractivity contribution in [2.24, 2.45) is 0 Å². The standard InChI is InChI=1S/C20H19N5O2/c1-13-11-17(18-14(2)23-27-19(18)22-13)20(26)24(3)12-15-5-7-16(8-6-15)25-10-4-9-21-25/h4-11H,12H2,1-3H3. The molecular weight excluding hydrogens is 342 g/mol. The molecule has 3 aromatic heterocycles. The molecule has 27 heavy (non-hydrogen) atoms. The van der Waals surface area contributed by atoms with Crippen LogP contribution in [0.2, 0.25) is 0 Å². The SMILES string of the molecule is Cc1cc(C(=O)N(C)Cc2ccc(-n3cccn3)cc2)c2c(C)noc2n1. The number of fused-ring (bicyclic) bond motifs is 1.